The van der Waals surface area contributed by atoms with E-state index in [1.54, 1.807) is 10.9 Å². The molecule has 1 aliphatic rings. The molecular formula is C16H18N6OS. The average molecular weight is 342 g/mol. The van der Waals surface area contributed by atoms with Crippen molar-refractivity contribution in [3.63, 3.8) is 0 Å². The Kier molecular flexibility index (Phi) is 3.99. The Bertz CT molecular complexity index is 880. The lowest BCUT2D eigenvalue weighted by molar-refractivity contribution is 0.102. The molecule has 24 heavy (non-hydrogen) atoms. The summed E-state index contributed by atoms with van der Waals surface area (Å²) in [4.78, 5) is 16.8. The van der Waals surface area contributed by atoms with Crippen LogP contribution in [0.3, 0.4) is 0 Å². The second-order valence-electron chi connectivity index (χ2n) is 6.01. The number of carbonyl (C=O) groups excluding carboxylic acids is 1. The van der Waals surface area contributed by atoms with Crippen molar-refractivity contribution in [1.82, 2.24) is 25.3 Å². The summed E-state index contributed by atoms with van der Waals surface area (Å²) in [6, 6.07) is 6.35. The van der Waals surface area contributed by atoms with E-state index >= 15 is 0 Å². The molecule has 0 spiro atoms. The number of benzene rings is 1. The van der Waals surface area contributed by atoms with Gasteiger partial charge in [0.2, 0.25) is 0 Å². The van der Waals surface area contributed by atoms with Crippen LogP contribution >= 0.6 is 11.3 Å². The summed E-state index contributed by atoms with van der Waals surface area (Å²) in [5, 5.41) is 14.9. The molecule has 0 saturated carbocycles. The van der Waals surface area contributed by atoms with Gasteiger partial charge < -0.3 is 5.32 Å². The summed E-state index contributed by atoms with van der Waals surface area (Å²) in [7, 11) is 0. The normalized spacial score (nSPS) is 15.7. The largest absolute Gasteiger partial charge is 0.317 e. The molecule has 124 valence electrons. The molecule has 1 amide bonds. The van der Waals surface area contributed by atoms with Crippen LogP contribution in [0, 0.1) is 6.92 Å². The quantitative estimate of drug-likeness (QED) is 0.763. The fourth-order valence-corrected chi connectivity index (χ4v) is 3.84. The maximum absolute atomic E-state index is 12.4. The first-order chi connectivity index (χ1) is 11.7. The summed E-state index contributed by atoms with van der Waals surface area (Å²) in [5.41, 5.74) is 2.39. The highest BCUT2D eigenvalue weighted by molar-refractivity contribution is 7.22. The summed E-state index contributed by atoms with van der Waals surface area (Å²) in [6.07, 6.45) is 3.73. The van der Waals surface area contributed by atoms with Crippen LogP contribution in [0.4, 0.5) is 5.13 Å². The lowest BCUT2D eigenvalue weighted by Crippen LogP contribution is -2.29. The van der Waals surface area contributed by atoms with Crippen LogP contribution < -0.4 is 10.6 Å². The number of hydrogen-bond donors (Lipinski definition) is 2. The van der Waals surface area contributed by atoms with Crippen LogP contribution in [-0.2, 0) is 0 Å². The zero-order chi connectivity index (χ0) is 16.5. The van der Waals surface area contributed by atoms with E-state index in [9.17, 15) is 4.79 Å². The summed E-state index contributed by atoms with van der Waals surface area (Å²) in [6.45, 7) is 3.98. The van der Waals surface area contributed by atoms with Crippen molar-refractivity contribution < 1.29 is 4.79 Å². The van der Waals surface area contributed by atoms with E-state index < -0.39 is 0 Å². The molecule has 7 nitrogen and oxygen atoms in total. The molecular weight excluding hydrogens is 324 g/mol. The monoisotopic (exact) mass is 342 g/mol. The maximum Gasteiger partial charge on any atom is 0.279 e. The van der Waals surface area contributed by atoms with Gasteiger partial charge in [-0.05, 0) is 50.6 Å². The van der Waals surface area contributed by atoms with Crippen molar-refractivity contribution in [3.05, 3.63) is 35.7 Å². The van der Waals surface area contributed by atoms with Gasteiger partial charge in [0.05, 0.1) is 22.5 Å². The molecule has 1 fully saturated rings. The summed E-state index contributed by atoms with van der Waals surface area (Å²) >= 11 is 1.46. The number of aryl methyl sites for hydroxylation is 1. The van der Waals surface area contributed by atoms with Crippen LogP contribution in [0.2, 0.25) is 0 Å². The van der Waals surface area contributed by atoms with Crippen LogP contribution in [0.5, 0.6) is 0 Å². The minimum atomic E-state index is -0.272. The van der Waals surface area contributed by atoms with Crippen LogP contribution in [-0.4, -0.2) is 39.0 Å². The number of thiazole rings is 1. The van der Waals surface area contributed by atoms with Gasteiger partial charge in [0.1, 0.15) is 0 Å². The van der Waals surface area contributed by atoms with Crippen LogP contribution in [0.15, 0.2) is 24.4 Å². The van der Waals surface area contributed by atoms with Gasteiger partial charge in [-0.15, -0.1) is 5.10 Å². The van der Waals surface area contributed by atoms with E-state index in [0.29, 0.717) is 16.9 Å². The minimum absolute atomic E-state index is 0.272. The third-order valence-corrected chi connectivity index (χ3v) is 5.12. The Morgan fingerprint density at radius 1 is 1.38 bits per heavy atom. The van der Waals surface area contributed by atoms with Crippen molar-refractivity contribution in [3.8, 4) is 0 Å². The van der Waals surface area contributed by atoms with Gasteiger partial charge in [0, 0.05) is 0 Å². The van der Waals surface area contributed by atoms with E-state index in [4.69, 9.17) is 0 Å². The van der Waals surface area contributed by atoms with Gasteiger partial charge in [0.25, 0.3) is 5.91 Å². The third kappa shape index (κ3) is 3.02. The SMILES string of the molecule is Cc1ccc2nc(NC(=O)c3cn(C4CCNCC4)nn3)sc2c1. The number of amides is 1. The van der Waals surface area contributed by atoms with Gasteiger partial charge >= 0.3 is 0 Å². The standard InChI is InChI=1S/C16H18N6OS/c1-10-2-3-12-14(8-10)24-16(18-12)19-15(23)13-9-22(21-20-13)11-4-6-17-7-5-11/h2-3,8-9,11,17H,4-7H2,1H3,(H,18,19,23). The number of rotatable bonds is 3. The van der Waals surface area contributed by atoms with Gasteiger partial charge in [-0.1, -0.05) is 22.6 Å². The molecule has 0 aliphatic carbocycles. The molecule has 4 rings (SSSR count). The number of carbonyl (C=O) groups is 1. The first-order valence-electron chi connectivity index (χ1n) is 8.00. The van der Waals surface area contributed by atoms with Crippen molar-refractivity contribution in [2.45, 2.75) is 25.8 Å². The second kappa shape index (κ2) is 6.29. The van der Waals surface area contributed by atoms with Gasteiger partial charge in [-0.3, -0.25) is 10.1 Å². The topological polar surface area (TPSA) is 84.7 Å². The van der Waals surface area contributed by atoms with Crippen LogP contribution in [0.1, 0.15) is 34.9 Å². The third-order valence-electron chi connectivity index (χ3n) is 4.19. The Balaban J connectivity index is 1.49. The average Bonchev–Trinajstić information content (AvgIpc) is 3.22. The molecule has 1 aromatic carbocycles. The van der Waals surface area contributed by atoms with Gasteiger partial charge in [0.15, 0.2) is 10.8 Å². The number of hydrogen-bond acceptors (Lipinski definition) is 6. The Labute approximate surface area is 143 Å². The molecule has 2 N–H and O–H groups in total. The molecule has 0 bridgehead atoms. The molecule has 8 heteroatoms. The molecule has 0 atom stereocenters. The Hall–Kier alpha value is -2.32. The highest BCUT2D eigenvalue weighted by Gasteiger charge is 2.19. The van der Waals surface area contributed by atoms with Crippen molar-refractivity contribution in [2.24, 2.45) is 0 Å². The zero-order valence-electron chi connectivity index (χ0n) is 13.3. The maximum atomic E-state index is 12.4. The number of nitrogens with zero attached hydrogens (tertiary/aromatic N) is 4. The first kappa shape index (κ1) is 15.2. The van der Waals surface area contributed by atoms with E-state index in [0.717, 1.165) is 36.1 Å². The molecule has 2 aromatic heterocycles. The molecule has 0 unspecified atom stereocenters. The predicted octanol–water partition coefficient (Wildman–Crippen LogP) is 2.37. The zero-order valence-corrected chi connectivity index (χ0v) is 14.1. The molecule has 0 radical (unpaired) electrons. The second-order valence-corrected chi connectivity index (χ2v) is 7.04. The van der Waals surface area contributed by atoms with E-state index in [2.05, 4.69) is 32.0 Å². The molecule has 3 heterocycles. The molecule has 3 aromatic rings. The number of piperidine rings is 1. The molecule has 1 saturated heterocycles. The van der Waals surface area contributed by atoms with Gasteiger partial charge in [-0.2, -0.15) is 0 Å². The molecule has 1 aliphatic heterocycles. The first-order valence-corrected chi connectivity index (χ1v) is 8.82. The van der Waals surface area contributed by atoms with E-state index in [1.165, 1.54) is 16.9 Å². The fraction of sp³-hybridized carbons (Fsp3) is 0.375. The van der Waals surface area contributed by atoms with Crippen molar-refractivity contribution >= 4 is 32.6 Å². The minimum Gasteiger partial charge on any atom is -0.317 e. The lowest BCUT2D eigenvalue weighted by atomic mass is 10.1. The number of aromatic nitrogens is 4. The predicted molar refractivity (Wildman–Crippen MR) is 93.5 cm³/mol. The van der Waals surface area contributed by atoms with Crippen molar-refractivity contribution in [1.29, 1.82) is 0 Å². The Morgan fingerprint density at radius 2 is 2.21 bits per heavy atom. The van der Waals surface area contributed by atoms with Crippen molar-refractivity contribution in [2.75, 3.05) is 18.4 Å². The van der Waals surface area contributed by atoms with Crippen LogP contribution in [0.25, 0.3) is 10.2 Å². The van der Waals surface area contributed by atoms with Gasteiger partial charge in [-0.25, -0.2) is 9.67 Å². The number of anilines is 1. The summed E-state index contributed by atoms with van der Waals surface area (Å²) in [5.74, 6) is -0.272. The smallest absolute Gasteiger partial charge is 0.279 e. The highest BCUT2D eigenvalue weighted by Crippen LogP contribution is 2.27. The number of fused-ring (bicyclic) bond motifs is 1. The Morgan fingerprint density at radius 3 is 3.04 bits per heavy atom. The fourth-order valence-electron chi connectivity index (χ4n) is 2.88. The number of nitrogens with one attached hydrogen (secondary N) is 2. The lowest BCUT2D eigenvalue weighted by Gasteiger charge is -2.21. The van der Waals surface area contributed by atoms with E-state index in [-0.39, 0.29) is 5.91 Å². The van der Waals surface area contributed by atoms with E-state index in [1.807, 2.05) is 19.1 Å². The highest BCUT2D eigenvalue weighted by atomic mass is 32.1. The summed E-state index contributed by atoms with van der Waals surface area (Å²) < 4.78 is 2.86.